The fraction of sp³-hybridized carbons (Fsp3) is 0.800. The van der Waals surface area contributed by atoms with Gasteiger partial charge in [-0.05, 0) is 26.2 Å². The molecule has 0 aromatic heterocycles. The van der Waals surface area contributed by atoms with Crippen LogP contribution in [-0.4, -0.2) is 41.2 Å². The van der Waals surface area contributed by atoms with E-state index in [2.05, 4.69) is 6.92 Å². The van der Waals surface area contributed by atoms with Crippen LogP contribution >= 0.6 is 0 Å². The van der Waals surface area contributed by atoms with Gasteiger partial charge in [0.15, 0.2) is 0 Å². The lowest BCUT2D eigenvalue weighted by Crippen LogP contribution is -2.47. The summed E-state index contributed by atoms with van der Waals surface area (Å²) in [6, 6.07) is 0. The largest absolute Gasteiger partial charge is 0.503 e. The van der Waals surface area contributed by atoms with Crippen LogP contribution in [-0.2, 0) is 18.1 Å². The van der Waals surface area contributed by atoms with Crippen molar-refractivity contribution < 1.29 is 23.2 Å². The standard InChI is InChI=1S/C15H30O5Si/c1-6-7-8-11-14(21(18-3,19-4)20-5)12-9-10-13(2)15(16)17/h10,14H,6-9,11-12H2,1-5H3,(H,16,17). The van der Waals surface area contributed by atoms with Gasteiger partial charge in [0.05, 0.1) is 0 Å². The van der Waals surface area contributed by atoms with Gasteiger partial charge in [-0.3, -0.25) is 0 Å². The number of carbonyl (C=O) groups is 1. The van der Waals surface area contributed by atoms with Gasteiger partial charge in [0, 0.05) is 32.4 Å². The van der Waals surface area contributed by atoms with Gasteiger partial charge in [-0.1, -0.05) is 32.3 Å². The molecule has 0 aromatic rings. The molecule has 0 heterocycles. The van der Waals surface area contributed by atoms with Crippen LogP contribution in [0.2, 0.25) is 5.54 Å². The van der Waals surface area contributed by atoms with Gasteiger partial charge in [0.25, 0.3) is 0 Å². The van der Waals surface area contributed by atoms with Crippen LogP contribution in [0.25, 0.3) is 0 Å². The van der Waals surface area contributed by atoms with Gasteiger partial charge < -0.3 is 18.4 Å². The average molecular weight is 318 g/mol. The Hall–Kier alpha value is -0.693. The third-order valence-corrected chi connectivity index (χ3v) is 7.10. The molecular formula is C15H30O5Si. The number of carboxylic acid groups (broad SMARTS) is 1. The van der Waals surface area contributed by atoms with Crippen molar-refractivity contribution in [2.24, 2.45) is 0 Å². The lowest BCUT2D eigenvalue weighted by Gasteiger charge is -2.32. The fourth-order valence-corrected chi connectivity index (χ4v) is 5.05. The Balaban J connectivity index is 4.80. The predicted octanol–water partition coefficient (Wildman–Crippen LogP) is 3.63. The Kier molecular flexibility index (Phi) is 10.6. The van der Waals surface area contributed by atoms with Crippen molar-refractivity contribution in [2.45, 2.75) is 57.9 Å². The molecule has 0 saturated carbocycles. The zero-order valence-electron chi connectivity index (χ0n) is 14.0. The third-order valence-electron chi connectivity index (χ3n) is 3.81. The zero-order chi connectivity index (χ0) is 16.3. The number of allylic oxidation sites excluding steroid dienone is 1. The Labute approximate surface area is 129 Å². The molecule has 1 atom stereocenters. The molecule has 0 aliphatic carbocycles. The first-order valence-electron chi connectivity index (χ1n) is 7.52. The molecule has 0 amide bonds. The molecule has 6 heteroatoms. The Morgan fingerprint density at radius 2 is 1.71 bits per heavy atom. The highest BCUT2D eigenvalue weighted by atomic mass is 28.4. The number of aliphatic carboxylic acids is 1. The van der Waals surface area contributed by atoms with E-state index in [1.54, 1.807) is 34.3 Å². The highest BCUT2D eigenvalue weighted by Gasteiger charge is 2.46. The second-order valence-corrected chi connectivity index (χ2v) is 8.43. The smallest absolute Gasteiger partial charge is 0.478 e. The molecule has 21 heavy (non-hydrogen) atoms. The highest BCUT2D eigenvalue weighted by molar-refractivity contribution is 6.62. The van der Waals surface area contributed by atoms with Crippen LogP contribution < -0.4 is 0 Å². The number of hydrogen-bond donors (Lipinski definition) is 1. The average Bonchev–Trinajstić information content (AvgIpc) is 2.48. The first-order valence-corrected chi connectivity index (χ1v) is 9.33. The normalized spacial score (nSPS) is 14.2. The fourth-order valence-electron chi connectivity index (χ4n) is 2.48. The van der Waals surface area contributed by atoms with Crippen molar-refractivity contribution in [1.29, 1.82) is 0 Å². The molecular weight excluding hydrogens is 288 g/mol. The van der Waals surface area contributed by atoms with Gasteiger partial charge in [-0.15, -0.1) is 0 Å². The van der Waals surface area contributed by atoms with Crippen LogP contribution in [0.3, 0.4) is 0 Å². The summed E-state index contributed by atoms with van der Waals surface area (Å²) < 4.78 is 16.8. The first-order chi connectivity index (χ1) is 9.97. The number of rotatable bonds is 12. The molecule has 0 radical (unpaired) electrons. The monoisotopic (exact) mass is 318 g/mol. The lowest BCUT2D eigenvalue weighted by atomic mass is 10.1. The van der Waals surface area contributed by atoms with Crippen molar-refractivity contribution in [3.8, 4) is 0 Å². The molecule has 0 aliphatic rings. The Morgan fingerprint density at radius 3 is 2.14 bits per heavy atom. The highest BCUT2D eigenvalue weighted by Crippen LogP contribution is 2.34. The minimum atomic E-state index is -2.67. The Bertz CT molecular complexity index is 318. The molecule has 0 rings (SSSR count). The quantitative estimate of drug-likeness (QED) is 0.338. The van der Waals surface area contributed by atoms with Crippen LogP contribution in [0.4, 0.5) is 0 Å². The second kappa shape index (κ2) is 11.0. The van der Waals surface area contributed by atoms with Crippen molar-refractivity contribution in [2.75, 3.05) is 21.3 Å². The minimum Gasteiger partial charge on any atom is -0.478 e. The van der Waals surface area contributed by atoms with E-state index in [1.165, 1.54) is 6.42 Å². The van der Waals surface area contributed by atoms with E-state index in [1.807, 2.05) is 0 Å². The van der Waals surface area contributed by atoms with Gasteiger partial charge in [0.2, 0.25) is 0 Å². The van der Waals surface area contributed by atoms with Gasteiger partial charge in [0.1, 0.15) is 0 Å². The van der Waals surface area contributed by atoms with Gasteiger partial charge >= 0.3 is 14.8 Å². The minimum absolute atomic E-state index is 0.196. The van der Waals surface area contributed by atoms with E-state index in [-0.39, 0.29) is 5.54 Å². The van der Waals surface area contributed by atoms with Gasteiger partial charge in [-0.2, -0.15) is 0 Å². The lowest BCUT2D eigenvalue weighted by molar-refractivity contribution is -0.132. The topological polar surface area (TPSA) is 65.0 Å². The maximum Gasteiger partial charge on any atom is 0.503 e. The third kappa shape index (κ3) is 6.73. The summed E-state index contributed by atoms with van der Waals surface area (Å²) in [7, 11) is 2.22. The van der Waals surface area contributed by atoms with E-state index >= 15 is 0 Å². The SMILES string of the molecule is CCCCCC(CCC=C(C)C(=O)O)[Si](OC)(OC)OC. The van der Waals surface area contributed by atoms with E-state index in [0.29, 0.717) is 12.0 Å². The van der Waals surface area contributed by atoms with Crippen LogP contribution in [0.15, 0.2) is 11.6 Å². The van der Waals surface area contributed by atoms with Crippen LogP contribution in [0.5, 0.6) is 0 Å². The summed E-state index contributed by atoms with van der Waals surface area (Å²) in [5, 5.41) is 8.89. The molecule has 1 N–H and O–H groups in total. The number of hydrogen-bond acceptors (Lipinski definition) is 4. The summed E-state index contributed by atoms with van der Waals surface area (Å²) in [5.74, 6) is -0.869. The van der Waals surface area contributed by atoms with E-state index in [9.17, 15) is 4.79 Å². The molecule has 0 fully saturated rings. The van der Waals surface area contributed by atoms with Gasteiger partial charge in [-0.25, -0.2) is 4.79 Å². The predicted molar refractivity (Wildman–Crippen MR) is 85.3 cm³/mol. The van der Waals surface area contributed by atoms with Crippen molar-refractivity contribution >= 4 is 14.8 Å². The molecule has 5 nitrogen and oxygen atoms in total. The maximum atomic E-state index is 10.8. The molecule has 0 spiro atoms. The van der Waals surface area contributed by atoms with E-state index in [0.717, 1.165) is 25.7 Å². The summed E-state index contributed by atoms with van der Waals surface area (Å²) in [4.78, 5) is 10.8. The molecule has 124 valence electrons. The molecule has 1 unspecified atom stereocenters. The summed E-state index contributed by atoms with van der Waals surface area (Å²) in [5.41, 5.74) is 0.573. The number of unbranched alkanes of at least 4 members (excludes halogenated alkanes) is 2. The summed E-state index contributed by atoms with van der Waals surface area (Å²) in [6.45, 7) is 3.78. The van der Waals surface area contributed by atoms with E-state index in [4.69, 9.17) is 18.4 Å². The molecule has 0 aliphatic heterocycles. The zero-order valence-corrected chi connectivity index (χ0v) is 15.0. The molecule has 0 aromatic carbocycles. The maximum absolute atomic E-state index is 10.8. The Morgan fingerprint density at radius 1 is 1.14 bits per heavy atom. The molecule has 0 bridgehead atoms. The van der Waals surface area contributed by atoms with Crippen LogP contribution in [0.1, 0.15) is 52.4 Å². The summed E-state index contributed by atoms with van der Waals surface area (Å²) >= 11 is 0. The van der Waals surface area contributed by atoms with Crippen molar-refractivity contribution in [3.05, 3.63) is 11.6 Å². The van der Waals surface area contributed by atoms with Crippen molar-refractivity contribution in [1.82, 2.24) is 0 Å². The molecule has 0 saturated heterocycles. The van der Waals surface area contributed by atoms with Crippen LogP contribution in [0, 0.1) is 0 Å². The summed E-state index contributed by atoms with van der Waals surface area (Å²) in [6.07, 6.45) is 7.68. The van der Waals surface area contributed by atoms with E-state index < -0.39 is 14.8 Å². The number of carboxylic acids is 1. The second-order valence-electron chi connectivity index (χ2n) is 5.18. The van der Waals surface area contributed by atoms with Crippen molar-refractivity contribution in [3.63, 3.8) is 0 Å². The first kappa shape index (κ1) is 20.3.